The highest BCUT2D eigenvalue weighted by Crippen LogP contribution is 2.33. The number of likely N-dealkylation sites (N-methyl/N-ethyl adjacent to an activating group) is 1. The standard InChI is InChI=1S/C15H19ClN2O5S/c1-18(24(22,23)12-6-4-11(16)5-7-12)9-14(19)17-13(15(20)21)8-10-2-3-10/h4-7,10,13H,2-3,8-9H2,1H3,(H,17,19)(H,20,21). The van der Waals surface area contributed by atoms with Crippen molar-refractivity contribution in [3.8, 4) is 0 Å². The van der Waals surface area contributed by atoms with Crippen molar-refractivity contribution in [1.29, 1.82) is 0 Å². The van der Waals surface area contributed by atoms with Crippen molar-refractivity contribution >= 4 is 33.5 Å². The molecular weight excluding hydrogens is 356 g/mol. The number of carboxylic acids is 1. The van der Waals surface area contributed by atoms with Crippen molar-refractivity contribution in [3.05, 3.63) is 29.3 Å². The van der Waals surface area contributed by atoms with Crippen molar-refractivity contribution in [2.75, 3.05) is 13.6 Å². The quantitative estimate of drug-likeness (QED) is 0.714. The summed E-state index contributed by atoms with van der Waals surface area (Å²) in [6, 6.07) is 4.59. The second kappa shape index (κ2) is 7.50. The van der Waals surface area contributed by atoms with Gasteiger partial charge in [0, 0.05) is 12.1 Å². The monoisotopic (exact) mass is 374 g/mol. The van der Waals surface area contributed by atoms with E-state index < -0.39 is 34.5 Å². The number of carbonyl (C=O) groups excluding carboxylic acids is 1. The summed E-state index contributed by atoms with van der Waals surface area (Å²) in [6.07, 6.45) is 2.30. The molecule has 1 aromatic rings. The van der Waals surface area contributed by atoms with E-state index in [4.69, 9.17) is 16.7 Å². The van der Waals surface area contributed by atoms with Crippen molar-refractivity contribution in [2.45, 2.75) is 30.2 Å². The van der Waals surface area contributed by atoms with Crippen LogP contribution in [-0.2, 0) is 19.6 Å². The number of nitrogens with one attached hydrogen (secondary N) is 1. The van der Waals surface area contributed by atoms with Crippen LogP contribution in [0.1, 0.15) is 19.3 Å². The van der Waals surface area contributed by atoms with Gasteiger partial charge in [0.1, 0.15) is 6.04 Å². The minimum absolute atomic E-state index is 0.00923. The molecule has 2 rings (SSSR count). The molecule has 1 atom stereocenters. The Morgan fingerprint density at radius 3 is 2.42 bits per heavy atom. The van der Waals surface area contributed by atoms with Gasteiger partial charge >= 0.3 is 5.97 Å². The molecule has 0 bridgehead atoms. The van der Waals surface area contributed by atoms with Gasteiger partial charge in [0.15, 0.2) is 0 Å². The van der Waals surface area contributed by atoms with E-state index in [1.807, 2.05) is 0 Å². The first-order valence-corrected chi connectivity index (χ1v) is 9.26. The van der Waals surface area contributed by atoms with Gasteiger partial charge in [0.25, 0.3) is 0 Å². The van der Waals surface area contributed by atoms with Crippen LogP contribution in [0.15, 0.2) is 29.2 Å². The highest BCUT2D eigenvalue weighted by Gasteiger charge is 2.31. The van der Waals surface area contributed by atoms with Crippen LogP contribution >= 0.6 is 11.6 Å². The van der Waals surface area contributed by atoms with Gasteiger partial charge in [-0.2, -0.15) is 4.31 Å². The molecule has 7 nitrogen and oxygen atoms in total. The number of hydrogen-bond acceptors (Lipinski definition) is 4. The lowest BCUT2D eigenvalue weighted by Crippen LogP contribution is -2.46. The first kappa shape index (κ1) is 18.7. The van der Waals surface area contributed by atoms with Crippen LogP contribution in [0.25, 0.3) is 0 Å². The summed E-state index contributed by atoms with van der Waals surface area (Å²) in [5.41, 5.74) is 0. The smallest absolute Gasteiger partial charge is 0.326 e. The van der Waals surface area contributed by atoms with E-state index in [1.54, 1.807) is 0 Å². The molecule has 1 unspecified atom stereocenters. The van der Waals surface area contributed by atoms with Crippen LogP contribution in [0, 0.1) is 5.92 Å². The minimum atomic E-state index is -3.85. The number of amides is 1. The van der Waals surface area contributed by atoms with Crippen molar-refractivity contribution in [2.24, 2.45) is 5.92 Å². The normalized spacial score (nSPS) is 16.0. The number of halogens is 1. The molecule has 1 aromatic carbocycles. The number of benzene rings is 1. The first-order chi connectivity index (χ1) is 11.2. The molecule has 0 heterocycles. The van der Waals surface area contributed by atoms with Crippen LogP contribution in [0.5, 0.6) is 0 Å². The van der Waals surface area contributed by atoms with Crippen LogP contribution in [-0.4, -0.2) is 49.3 Å². The summed E-state index contributed by atoms with van der Waals surface area (Å²) in [7, 11) is -2.59. The average Bonchev–Trinajstić information content (AvgIpc) is 3.30. The van der Waals surface area contributed by atoms with Gasteiger partial charge in [-0.25, -0.2) is 13.2 Å². The van der Waals surface area contributed by atoms with Gasteiger partial charge in [-0.3, -0.25) is 4.79 Å². The summed E-state index contributed by atoms with van der Waals surface area (Å²) in [5.74, 6) is -1.44. The SMILES string of the molecule is CN(CC(=O)NC(CC1CC1)C(=O)O)S(=O)(=O)c1ccc(Cl)cc1. The number of carboxylic acid groups (broad SMARTS) is 1. The zero-order chi connectivity index (χ0) is 17.9. The largest absolute Gasteiger partial charge is 0.480 e. The number of nitrogens with zero attached hydrogens (tertiary/aromatic N) is 1. The van der Waals surface area contributed by atoms with Crippen LogP contribution in [0.2, 0.25) is 5.02 Å². The number of aliphatic carboxylic acids is 1. The summed E-state index contributed by atoms with van der Waals surface area (Å²) in [4.78, 5) is 23.2. The highest BCUT2D eigenvalue weighted by molar-refractivity contribution is 7.89. The fourth-order valence-electron chi connectivity index (χ4n) is 2.22. The molecule has 0 aromatic heterocycles. The molecule has 1 aliphatic carbocycles. The predicted molar refractivity (Wildman–Crippen MR) is 88.2 cm³/mol. The maximum atomic E-state index is 12.4. The molecule has 0 aliphatic heterocycles. The Hall–Kier alpha value is -1.64. The molecule has 0 radical (unpaired) electrons. The van der Waals surface area contributed by atoms with E-state index in [-0.39, 0.29) is 4.90 Å². The maximum Gasteiger partial charge on any atom is 0.326 e. The fourth-order valence-corrected chi connectivity index (χ4v) is 3.48. The van der Waals surface area contributed by atoms with E-state index in [2.05, 4.69) is 5.32 Å². The molecular formula is C15H19ClN2O5S. The molecule has 1 aliphatic rings. The van der Waals surface area contributed by atoms with Gasteiger partial charge in [0.05, 0.1) is 11.4 Å². The van der Waals surface area contributed by atoms with E-state index in [0.29, 0.717) is 17.4 Å². The van der Waals surface area contributed by atoms with Crippen LogP contribution in [0.3, 0.4) is 0 Å². The number of hydrogen-bond donors (Lipinski definition) is 2. The molecule has 0 spiro atoms. The molecule has 132 valence electrons. The maximum absolute atomic E-state index is 12.4. The van der Waals surface area contributed by atoms with E-state index in [1.165, 1.54) is 31.3 Å². The molecule has 1 fully saturated rings. The summed E-state index contributed by atoms with van der Waals surface area (Å²) >= 11 is 5.73. The summed E-state index contributed by atoms with van der Waals surface area (Å²) in [6.45, 7) is -0.459. The average molecular weight is 375 g/mol. The van der Waals surface area contributed by atoms with E-state index in [0.717, 1.165) is 17.1 Å². The summed E-state index contributed by atoms with van der Waals surface area (Å²) in [5, 5.41) is 11.9. The Balaban J connectivity index is 1.98. The van der Waals surface area contributed by atoms with Crippen LogP contribution in [0.4, 0.5) is 0 Å². The van der Waals surface area contributed by atoms with E-state index >= 15 is 0 Å². The highest BCUT2D eigenvalue weighted by atomic mass is 35.5. The van der Waals surface area contributed by atoms with Gasteiger partial charge in [-0.15, -0.1) is 0 Å². The van der Waals surface area contributed by atoms with Gasteiger partial charge in [0.2, 0.25) is 15.9 Å². The second-order valence-corrected chi connectivity index (χ2v) is 8.33. The lowest BCUT2D eigenvalue weighted by Gasteiger charge is -2.19. The Morgan fingerprint density at radius 2 is 1.92 bits per heavy atom. The lowest BCUT2D eigenvalue weighted by atomic mass is 10.1. The number of carbonyl (C=O) groups is 2. The Kier molecular flexibility index (Phi) is 5.84. The second-order valence-electron chi connectivity index (χ2n) is 5.85. The molecule has 24 heavy (non-hydrogen) atoms. The predicted octanol–water partition coefficient (Wildman–Crippen LogP) is 1.33. The van der Waals surface area contributed by atoms with Crippen LogP contribution < -0.4 is 5.32 Å². The zero-order valence-corrected chi connectivity index (χ0v) is 14.7. The Bertz CT molecular complexity index is 716. The molecule has 9 heteroatoms. The summed E-state index contributed by atoms with van der Waals surface area (Å²) < 4.78 is 25.6. The minimum Gasteiger partial charge on any atom is -0.480 e. The molecule has 2 N–H and O–H groups in total. The first-order valence-electron chi connectivity index (χ1n) is 7.44. The van der Waals surface area contributed by atoms with Crippen molar-refractivity contribution in [1.82, 2.24) is 9.62 Å². The third kappa shape index (κ3) is 4.93. The lowest BCUT2D eigenvalue weighted by molar-refractivity contribution is -0.142. The Morgan fingerprint density at radius 1 is 1.33 bits per heavy atom. The van der Waals surface area contributed by atoms with Gasteiger partial charge in [-0.1, -0.05) is 24.4 Å². The topological polar surface area (TPSA) is 104 Å². The third-order valence-corrected chi connectivity index (χ3v) is 5.86. The number of rotatable bonds is 8. The third-order valence-electron chi connectivity index (χ3n) is 3.79. The fraction of sp³-hybridized carbons (Fsp3) is 0.467. The molecule has 0 saturated heterocycles. The van der Waals surface area contributed by atoms with Gasteiger partial charge in [-0.05, 0) is 36.6 Å². The van der Waals surface area contributed by atoms with E-state index in [9.17, 15) is 18.0 Å². The van der Waals surface area contributed by atoms with Crippen molar-refractivity contribution in [3.63, 3.8) is 0 Å². The Labute approximate surface area is 145 Å². The zero-order valence-electron chi connectivity index (χ0n) is 13.1. The van der Waals surface area contributed by atoms with Crippen molar-refractivity contribution < 1.29 is 23.1 Å². The number of sulfonamides is 1. The molecule has 1 amide bonds. The van der Waals surface area contributed by atoms with Gasteiger partial charge < -0.3 is 10.4 Å². The molecule has 1 saturated carbocycles.